The second-order valence-corrected chi connectivity index (χ2v) is 5.11. The zero-order valence-corrected chi connectivity index (χ0v) is 10.9. The summed E-state index contributed by atoms with van der Waals surface area (Å²) in [5, 5.41) is 6.81. The maximum absolute atomic E-state index is 5.54. The highest BCUT2D eigenvalue weighted by molar-refractivity contribution is 5.46. The molecule has 3 N–H and O–H groups in total. The molecule has 1 aliphatic heterocycles. The second-order valence-electron chi connectivity index (χ2n) is 5.11. The lowest BCUT2D eigenvalue weighted by molar-refractivity contribution is 0.397. The molecule has 100 valence electrons. The maximum Gasteiger partial charge on any atom is 0.216 e. The van der Waals surface area contributed by atoms with E-state index in [9.17, 15) is 0 Å². The molecule has 5 nitrogen and oxygen atoms in total. The van der Waals surface area contributed by atoms with Gasteiger partial charge in [0.25, 0.3) is 0 Å². The summed E-state index contributed by atoms with van der Waals surface area (Å²) in [4.78, 5) is 6.63. The molecule has 1 aliphatic rings. The summed E-state index contributed by atoms with van der Waals surface area (Å²) in [6, 6.07) is 10.6. The van der Waals surface area contributed by atoms with E-state index in [0.29, 0.717) is 11.9 Å². The fourth-order valence-corrected chi connectivity index (χ4v) is 2.69. The number of rotatable bonds is 3. The zero-order valence-electron chi connectivity index (χ0n) is 10.9. The third kappa shape index (κ3) is 2.86. The zero-order chi connectivity index (χ0) is 13.1. The first-order valence-electron chi connectivity index (χ1n) is 6.78. The van der Waals surface area contributed by atoms with Crippen molar-refractivity contribution in [2.24, 2.45) is 5.92 Å². The summed E-state index contributed by atoms with van der Waals surface area (Å²) in [5.74, 6) is 1.92. The Morgan fingerprint density at radius 3 is 2.58 bits per heavy atom. The fraction of sp³-hybridized carbons (Fsp3) is 0.429. The van der Waals surface area contributed by atoms with Gasteiger partial charge in [-0.15, -0.1) is 0 Å². The highest BCUT2D eigenvalue weighted by Gasteiger charge is 2.20. The summed E-state index contributed by atoms with van der Waals surface area (Å²) >= 11 is 0. The number of aromatic amines is 1. The summed E-state index contributed by atoms with van der Waals surface area (Å²) in [6.45, 7) is 2.21. The van der Waals surface area contributed by atoms with Gasteiger partial charge in [-0.3, -0.25) is 0 Å². The van der Waals surface area contributed by atoms with Crippen LogP contribution in [0.2, 0.25) is 0 Å². The van der Waals surface area contributed by atoms with E-state index in [2.05, 4.69) is 50.4 Å². The minimum absolute atomic E-state index is 0.414. The van der Waals surface area contributed by atoms with E-state index < -0.39 is 0 Å². The number of hydrogen-bond acceptors (Lipinski definition) is 4. The van der Waals surface area contributed by atoms with Crippen molar-refractivity contribution in [3.8, 4) is 0 Å². The number of nitrogen functional groups attached to an aromatic ring is 1. The van der Waals surface area contributed by atoms with Crippen LogP contribution >= 0.6 is 0 Å². The smallest absolute Gasteiger partial charge is 0.216 e. The predicted molar refractivity (Wildman–Crippen MR) is 75.9 cm³/mol. The Labute approximate surface area is 112 Å². The van der Waals surface area contributed by atoms with Gasteiger partial charge in [-0.25, -0.2) is 5.10 Å². The summed E-state index contributed by atoms with van der Waals surface area (Å²) < 4.78 is 0. The van der Waals surface area contributed by atoms with Crippen LogP contribution in [0.15, 0.2) is 30.3 Å². The molecule has 0 bridgehead atoms. The average Bonchev–Trinajstić information content (AvgIpc) is 2.86. The van der Waals surface area contributed by atoms with Crippen LogP contribution in [0.4, 0.5) is 11.6 Å². The molecular formula is C14H19N5. The minimum atomic E-state index is 0.414. The molecule has 0 aliphatic carbocycles. The molecule has 0 amide bonds. The average molecular weight is 257 g/mol. The Bertz CT molecular complexity index is 514. The maximum atomic E-state index is 5.54. The van der Waals surface area contributed by atoms with Gasteiger partial charge in [-0.1, -0.05) is 18.2 Å². The monoisotopic (exact) mass is 257 g/mol. The van der Waals surface area contributed by atoms with Crippen LogP contribution in [0.25, 0.3) is 0 Å². The lowest BCUT2D eigenvalue weighted by Gasteiger charge is -2.33. The number of anilines is 2. The topological polar surface area (TPSA) is 70.8 Å². The van der Waals surface area contributed by atoms with Crippen molar-refractivity contribution in [2.45, 2.75) is 19.3 Å². The molecule has 0 unspecified atom stereocenters. The van der Waals surface area contributed by atoms with E-state index in [1.807, 2.05) is 0 Å². The summed E-state index contributed by atoms with van der Waals surface area (Å²) in [7, 11) is 0. The van der Waals surface area contributed by atoms with Gasteiger partial charge in [-0.05, 0) is 30.9 Å². The fourth-order valence-electron chi connectivity index (χ4n) is 2.69. The van der Waals surface area contributed by atoms with Crippen LogP contribution in [-0.2, 0) is 6.42 Å². The molecule has 2 aromatic rings. The van der Waals surface area contributed by atoms with E-state index in [1.165, 1.54) is 18.5 Å². The largest absolute Gasteiger partial charge is 0.372 e. The Hall–Kier alpha value is -2.04. The molecule has 3 rings (SSSR count). The third-order valence-corrected chi connectivity index (χ3v) is 3.76. The van der Waals surface area contributed by atoms with E-state index in [-0.39, 0.29) is 0 Å². The highest BCUT2D eigenvalue weighted by Crippen LogP contribution is 2.24. The number of nitrogens with zero attached hydrogens (tertiary/aromatic N) is 3. The number of para-hydroxylation sites is 1. The number of piperidine rings is 1. The molecule has 0 atom stereocenters. The van der Waals surface area contributed by atoms with Crippen LogP contribution < -0.4 is 10.6 Å². The lowest BCUT2D eigenvalue weighted by Crippen LogP contribution is -2.34. The molecule has 0 saturated carbocycles. The highest BCUT2D eigenvalue weighted by atomic mass is 15.3. The van der Waals surface area contributed by atoms with Crippen LogP contribution in [0.3, 0.4) is 0 Å². The van der Waals surface area contributed by atoms with Gasteiger partial charge in [0.15, 0.2) is 5.82 Å². The second kappa shape index (κ2) is 5.30. The number of nitrogens with one attached hydrogen (secondary N) is 1. The molecule has 19 heavy (non-hydrogen) atoms. The lowest BCUT2D eigenvalue weighted by atomic mass is 9.93. The Balaban J connectivity index is 1.55. The number of H-pyrrole nitrogens is 1. The first-order valence-corrected chi connectivity index (χ1v) is 6.78. The molecule has 1 saturated heterocycles. The molecule has 1 aromatic heterocycles. The Morgan fingerprint density at radius 2 is 1.95 bits per heavy atom. The van der Waals surface area contributed by atoms with Gasteiger partial charge in [0.1, 0.15) is 0 Å². The van der Waals surface area contributed by atoms with Crippen LogP contribution in [0.1, 0.15) is 18.7 Å². The van der Waals surface area contributed by atoms with Crippen LogP contribution in [0, 0.1) is 5.92 Å². The van der Waals surface area contributed by atoms with Crippen molar-refractivity contribution in [2.75, 3.05) is 23.7 Å². The molecule has 1 aromatic carbocycles. The number of aromatic nitrogens is 3. The van der Waals surface area contributed by atoms with Gasteiger partial charge in [0.2, 0.25) is 5.95 Å². The number of nitrogens with two attached hydrogens (primary N) is 1. The van der Waals surface area contributed by atoms with Crippen LogP contribution in [-0.4, -0.2) is 28.3 Å². The van der Waals surface area contributed by atoms with Crippen molar-refractivity contribution < 1.29 is 0 Å². The normalized spacial score (nSPS) is 16.7. The summed E-state index contributed by atoms with van der Waals surface area (Å²) in [5.41, 5.74) is 6.87. The molecular weight excluding hydrogens is 238 g/mol. The van der Waals surface area contributed by atoms with E-state index in [0.717, 1.165) is 25.3 Å². The SMILES string of the molecule is Nc1nc(CC2CCN(c3ccccc3)CC2)n[nH]1. The number of hydrogen-bond donors (Lipinski definition) is 2. The number of benzene rings is 1. The van der Waals surface area contributed by atoms with E-state index >= 15 is 0 Å². The molecule has 2 heterocycles. The predicted octanol–water partition coefficient (Wildman–Crippen LogP) is 1.85. The molecule has 1 fully saturated rings. The van der Waals surface area contributed by atoms with Gasteiger partial charge in [-0.2, -0.15) is 10.1 Å². The first kappa shape index (κ1) is 12.0. The Kier molecular flexibility index (Phi) is 3.35. The van der Waals surface area contributed by atoms with Gasteiger partial charge < -0.3 is 10.6 Å². The molecule has 0 radical (unpaired) electrons. The van der Waals surface area contributed by atoms with E-state index in [1.54, 1.807) is 0 Å². The quantitative estimate of drug-likeness (QED) is 0.880. The third-order valence-electron chi connectivity index (χ3n) is 3.76. The summed E-state index contributed by atoms with van der Waals surface area (Å²) in [6.07, 6.45) is 3.29. The molecule has 0 spiro atoms. The van der Waals surface area contributed by atoms with Crippen molar-refractivity contribution in [1.29, 1.82) is 0 Å². The van der Waals surface area contributed by atoms with Crippen molar-refractivity contribution in [3.63, 3.8) is 0 Å². The standard InChI is InChI=1S/C14H19N5/c15-14-16-13(17-18-14)10-11-6-8-19(9-7-11)12-4-2-1-3-5-12/h1-5,11H,6-10H2,(H3,15,16,17,18). The minimum Gasteiger partial charge on any atom is -0.372 e. The molecule has 5 heteroatoms. The van der Waals surface area contributed by atoms with Crippen molar-refractivity contribution in [1.82, 2.24) is 15.2 Å². The van der Waals surface area contributed by atoms with E-state index in [4.69, 9.17) is 5.73 Å². The van der Waals surface area contributed by atoms with Crippen LogP contribution in [0.5, 0.6) is 0 Å². The van der Waals surface area contributed by atoms with Crippen molar-refractivity contribution >= 4 is 11.6 Å². The Morgan fingerprint density at radius 1 is 1.21 bits per heavy atom. The van der Waals surface area contributed by atoms with Gasteiger partial charge in [0, 0.05) is 25.2 Å². The van der Waals surface area contributed by atoms with Crippen molar-refractivity contribution in [3.05, 3.63) is 36.2 Å². The first-order chi connectivity index (χ1) is 9.31. The van der Waals surface area contributed by atoms with Gasteiger partial charge in [0.05, 0.1) is 0 Å². The van der Waals surface area contributed by atoms with Gasteiger partial charge >= 0.3 is 0 Å².